The number of phenols is 1. The van der Waals surface area contributed by atoms with E-state index in [9.17, 15) is 5.11 Å². The Kier molecular flexibility index (Phi) is 4.29. The lowest BCUT2D eigenvalue weighted by Gasteiger charge is -2.26. The van der Waals surface area contributed by atoms with E-state index in [0.717, 1.165) is 12.1 Å². The van der Waals surface area contributed by atoms with Crippen molar-refractivity contribution in [1.82, 2.24) is 4.90 Å². The predicted octanol–water partition coefficient (Wildman–Crippen LogP) is 3.19. The van der Waals surface area contributed by atoms with Gasteiger partial charge in [0.2, 0.25) is 0 Å². The van der Waals surface area contributed by atoms with Gasteiger partial charge >= 0.3 is 0 Å². The van der Waals surface area contributed by atoms with Crippen molar-refractivity contribution in [3.63, 3.8) is 0 Å². The zero-order valence-corrected chi connectivity index (χ0v) is 11.3. The maximum absolute atomic E-state index is 9.55. The van der Waals surface area contributed by atoms with Gasteiger partial charge < -0.3 is 14.7 Å². The second kappa shape index (κ2) is 6.14. The molecule has 19 heavy (non-hydrogen) atoms. The minimum absolute atomic E-state index is 0.162. The maximum Gasteiger partial charge on any atom is 0.161 e. The third kappa shape index (κ3) is 3.19. The molecule has 0 radical (unpaired) electrons. The number of nitrogens with zero attached hydrogens (tertiary/aromatic N) is 1. The fourth-order valence-corrected chi connectivity index (χ4v) is 2.05. The van der Waals surface area contributed by atoms with Gasteiger partial charge in [-0.15, -0.1) is 0 Å². The molecule has 1 unspecified atom stereocenters. The summed E-state index contributed by atoms with van der Waals surface area (Å²) in [6, 6.07) is 5.61. The van der Waals surface area contributed by atoms with Crippen molar-refractivity contribution in [2.45, 2.75) is 13.0 Å². The van der Waals surface area contributed by atoms with Gasteiger partial charge in [-0.05, 0) is 36.9 Å². The molecule has 0 saturated heterocycles. The molecule has 0 amide bonds. The summed E-state index contributed by atoms with van der Waals surface area (Å²) in [7, 11) is 1.55. The molecule has 1 aromatic rings. The zero-order chi connectivity index (χ0) is 13.7. The van der Waals surface area contributed by atoms with Crippen molar-refractivity contribution in [2.24, 2.45) is 0 Å². The summed E-state index contributed by atoms with van der Waals surface area (Å²) in [5.74, 6) is 0.656. The molecular formula is C16H19NO2. The Morgan fingerprint density at radius 2 is 2.21 bits per heavy atom. The van der Waals surface area contributed by atoms with Crippen LogP contribution in [0.4, 0.5) is 0 Å². The van der Waals surface area contributed by atoms with Gasteiger partial charge in [-0.2, -0.15) is 0 Å². The van der Waals surface area contributed by atoms with Gasteiger partial charge in [-0.25, -0.2) is 0 Å². The van der Waals surface area contributed by atoms with Gasteiger partial charge in [0.1, 0.15) is 0 Å². The topological polar surface area (TPSA) is 32.7 Å². The minimum Gasteiger partial charge on any atom is -0.504 e. The Balaban J connectivity index is 2.14. The van der Waals surface area contributed by atoms with E-state index < -0.39 is 0 Å². The highest BCUT2D eigenvalue weighted by molar-refractivity contribution is 5.56. The van der Waals surface area contributed by atoms with Gasteiger partial charge in [-0.1, -0.05) is 30.4 Å². The third-order valence-electron chi connectivity index (χ3n) is 3.13. The molecule has 1 atom stereocenters. The van der Waals surface area contributed by atoms with E-state index in [0.29, 0.717) is 5.75 Å². The molecule has 0 aromatic heterocycles. The highest BCUT2D eigenvalue weighted by Crippen LogP contribution is 2.27. The highest BCUT2D eigenvalue weighted by Gasteiger charge is 2.09. The molecule has 3 nitrogen and oxygen atoms in total. The van der Waals surface area contributed by atoms with Crippen molar-refractivity contribution in [3.05, 3.63) is 54.3 Å². The Morgan fingerprint density at radius 3 is 2.95 bits per heavy atom. The van der Waals surface area contributed by atoms with E-state index in [1.54, 1.807) is 13.2 Å². The number of hydrogen-bond acceptors (Lipinski definition) is 3. The number of benzene rings is 1. The van der Waals surface area contributed by atoms with Crippen LogP contribution in [0.15, 0.2) is 48.7 Å². The summed E-state index contributed by atoms with van der Waals surface area (Å²) in [5.41, 5.74) is 1.01. The Morgan fingerprint density at radius 1 is 1.37 bits per heavy atom. The van der Waals surface area contributed by atoms with Crippen LogP contribution in [0.3, 0.4) is 0 Å². The number of likely N-dealkylation sites (N-methyl/N-ethyl adjacent to an activating group) is 1. The van der Waals surface area contributed by atoms with E-state index in [-0.39, 0.29) is 11.8 Å². The molecule has 0 saturated carbocycles. The number of aromatic hydroxyl groups is 1. The summed E-state index contributed by atoms with van der Waals surface area (Å²) in [6.45, 7) is 3.10. The number of phenolic OH excluding ortho intramolecular Hbond substituents is 1. The predicted molar refractivity (Wildman–Crippen MR) is 78.1 cm³/mol. The molecule has 1 aliphatic heterocycles. The van der Waals surface area contributed by atoms with Crippen molar-refractivity contribution in [2.75, 3.05) is 13.7 Å². The molecular weight excluding hydrogens is 238 g/mol. The van der Waals surface area contributed by atoms with E-state index in [1.807, 2.05) is 24.3 Å². The minimum atomic E-state index is 0.162. The average Bonchev–Trinajstić information content (AvgIpc) is 2.46. The standard InChI is InChI=1S/C16H19NO2/c1-3-17-11-5-4-6-14(17)9-7-13-8-10-15(18)16(12-13)19-2/h4-12,14,18H,3H2,1-2H3/b9-7+. The van der Waals surface area contributed by atoms with Crippen LogP contribution in [0, 0.1) is 0 Å². The van der Waals surface area contributed by atoms with Gasteiger partial charge in [0.15, 0.2) is 11.5 Å². The molecule has 1 aliphatic rings. The van der Waals surface area contributed by atoms with Crippen LogP contribution in [0.5, 0.6) is 11.5 Å². The first-order valence-corrected chi connectivity index (χ1v) is 6.40. The number of ether oxygens (including phenoxy) is 1. The number of methoxy groups -OCH3 is 1. The highest BCUT2D eigenvalue weighted by atomic mass is 16.5. The average molecular weight is 257 g/mol. The first-order valence-electron chi connectivity index (χ1n) is 6.40. The molecule has 0 fully saturated rings. The number of allylic oxidation sites excluding steroid dienone is 2. The molecule has 1 heterocycles. The van der Waals surface area contributed by atoms with Crippen LogP contribution in [0.1, 0.15) is 12.5 Å². The van der Waals surface area contributed by atoms with E-state index in [2.05, 4.69) is 36.3 Å². The molecule has 3 heteroatoms. The van der Waals surface area contributed by atoms with E-state index >= 15 is 0 Å². The van der Waals surface area contributed by atoms with Gasteiger partial charge in [-0.3, -0.25) is 0 Å². The lowest BCUT2D eigenvalue weighted by atomic mass is 10.1. The van der Waals surface area contributed by atoms with E-state index in [1.165, 1.54) is 0 Å². The summed E-state index contributed by atoms with van der Waals surface area (Å²) >= 11 is 0. The summed E-state index contributed by atoms with van der Waals surface area (Å²) in [5, 5.41) is 9.55. The normalized spacial score (nSPS) is 18.2. The monoisotopic (exact) mass is 257 g/mol. The van der Waals surface area contributed by atoms with Gasteiger partial charge in [0.25, 0.3) is 0 Å². The van der Waals surface area contributed by atoms with Crippen molar-refractivity contribution >= 4 is 6.08 Å². The van der Waals surface area contributed by atoms with Crippen LogP contribution in [0.2, 0.25) is 0 Å². The second-order valence-corrected chi connectivity index (χ2v) is 4.34. The van der Waals surface area contributed by atoms with Crippen LogP contribution < -0.4 is 4.74 Å². The number of rotatable bonds is 4. The zero-order valence-electron chi connectivity index (χ0n) is 11.3. The Labute approximate surface area is 114 Å². The molecule has 1 N–H and O–H groups in total. The van der Waals surface area contributed by atoms with Crippen LogP contribution in [0.25, 0.3) is 6.08 Å². The Hall–Kier alpha value is -2.16. The molecule has 0 bridgehead atoms. The van der Waals surface area contributed by atoms with Crippen molar-refractivity contribution in [1.29, 1.82) is 0 Å². The fourth-order valence-electron chi connectivity index (χ4n) is 2.05. The molecule has 2 rings (SSSR count). The quantitative estimate of drug-likeness (QED) is 0.899. The summed E-state index contributed by atoms with van der Waals surface area (Å²) in [4.78, 5) is 2.24. The van der Waals surface area contributed by atoms with Crippen LogP contribution in [-0.4, -0.2) is 29.7 Å². The third-order valence-corrected chi connectivity index (χ3v) is 3.13. The fraction of sp³-hybridized carbons (Fsp3) is 0.250. The van der Waals surface area contributed by atoms with Gasteiger partial charge in [0.05, 0.1) is 13.2 Å². The molecule has 0 aliphatic carbocycles. The van der Waals surface area contributed by atoms with E-state index in [4.69, 9.17) is 4.74 Å². The van der Waals surface area contributed by atoms with Crippen LogP contribution >= 0.6 is 0 Å². The van der Waals surface area contributed by atoms with Crippen molar-refractivity contribution in [3.8, 4) is 11.5 Å². The van der Waals surface area contributed by atoms with Crippen LogP contribution in [-0.2, 0) is 0 Å². The molecule has 0 spiro atoms. The lowest BCUT2D eigenvalue weighted by Crippen LogP contribution is -2.28. The molecule has 100 valence electrons. The summed E-state index contributed by atoms with van der Waals surface area (Å²) in [6.07, 6.45) is 12.5. The largest absolute Gasteiger partial charge is 0.504 e. The Bertz CT molecular complexity index is 517. The van der Waals surface area contributed by atoms with Gasteiger partial charge in [0, 0.05) is 6.54 Å². The summed E-state index contributed by atoms with van der Waals surface area (Å²) < 4.78 is 5.10. The SMILES string of the molecule is CCN1C=CC=CC1/C=C/c1ccc(O)c(OC)c1. The number of hydrogen-bond donors (Lipinski definition) is 1. The molecule has 1 aromatic carbocycles. The van der Waals surface area contributed by atoms with Crippen molar-refractivity contribution < 1.29 is 9.84 Å². The smallest absolute Gasteiger partial charge is 0.161 e. The second-order valence-electron chi connectivity index (χ2n) is 4.34. The maximum atomic E-state index is 9.55. The first-order chi connectivity index (χ1) is 9.24. The lowest BCUT2D eigenvalue weighted by molar-refractivity contribution is 0.373. The first kappa shape index (κ1) is 13.3.